The molecule has 0 saturated heterocycles. The highest BCUT2D eigenvalue weighted by Gasteiger charge is 2.31. The van der Waals surface area contributed by atoms with Crippen molar-refractivity contribution in [1.82, 2.24) is 0 Å². The minimum absolute atomic E-state index is 0.0525. The second-order valence-electron chi connectivity index (χ2n) is 6.09. The van der Waals surface area contributed by atoms with Gasteiger partial charge in [-0.15, -0.1) is 5.16 Å². The van der Waals surface area contributed by atoms with Crippen molar-refractivity contribution >= 4 is 19.8 Å². The summed E-state index contributed by atoms with van der Waals surface area (Å²) in [6.45, 7) is 10.5. The Morgan fingerprint density at radius 3 is 2.33 bits per heavy atom. The van der Waals surface area contributed by atoms with Gasteiger partial charge in [-0.2, -0.15) is 0 Å². The van der Waals surface area contributed by atoms with Crippen molar-refractivity contribution < 1.29 is 9.32 Å². The first-order chi connectivity index (χ1) is 6.68. The normalized spacial score (nSPS) is 24.3. The molecule has 3 nitrogen and oxygen atoms in total. The smallest absolute Gasteiger partial charge is 0.278 e. The number of oxime groups is 1. The molecule has 0 spiro atoms. The average molecular weight is 227 g/mol. The average Bonchev–Trinajstić information content (AvgIpc) is 1.95. The number of hydrogen-bond donors (Lipinski definition) is 0. The highest BCUT2D eigenvalue weighted by molar-refractivity contribution is 6.69. The first kappa shape index (κ1) is 12.4. The summed E-state index contributed by atoms with van der Waals surface area (Å²) in [5.41, 5.74) is 0.968. The van der Waals surface area contributed by atoms with Gasteiger partial charge in [0.1, 0.15) is 5.78 Å². The molecule has 15 heavy (non-hydrogen) atoms. The molecule has 0 aliphatic heterocycles. The third-order valence-electron chi connectivity index (χ3n) is 2.21. The standard InChI is InChI=1S/C11H21NO2Si/c1-11(2)7-9(6-10(13)8-11)12-14-15(3,4)5/h6-8H2,1-5H3. The van der Waals surface area contributed by atoms with Crippen molar-refractivity contribution in [2.75, 3.05) is 0 Å². The van der Waals surface area contributed by atoms with E-state index in [0.717, 1.165) is 12.1 Å². The monoisotopic (exact) mass is 227 g/mol. The van der Waals surface area contributed by atoms with Crippen LogP contribution >= 0.6 is 0 Å². The number of Topliss-reactive ketones (excluding diaryl/α,β-unsaturated/α-hetero) is 1. The van der Waals surface area contributed by atoms with Crippen molar-refractivity contribution in [3.8, 4) is 0 Å². The highest BCUT2D eigenvalue weighted by atomic mass is 28.4. The van der Waals surface area contributed by atoms with Crippen molar-refractivity contribution in [1.29, 1.82) is 0 Å². The van der Waals surface area contributed by atoms with Crippen molar-refractivity contribution in [3.05, 3.63) is 0 Å². The molecular weight excluding hydrogens is 206 g/mol. The first-order valence-corrected chi connectivity index (χ1v) is 8.84. The fraction of sp³-hybridized carbons (Fsp3) is 0.818. The number of ketones is 1. The zero-order valence-corrected chi connectivity index (χ0v) is 11.4. The molecule has 0 amide bonds. The van der Waals surface area contributed by atoms with Crippen LogP contribution in [-0.4, -0.2) is 19.8 Å². The minimum Gasteiger partial charge on any atom is -0.456 e. The van der Waals surface area contributed by atoms with E-state index in [1.807, 2.05) is 0 Å². The molecule has 0 atom stereocenters. The minimum atomic E-state index is -1.61. The molecule has 0 heterocycles. The van der Waals surface area contributed by atoms with Crippen LogP contribution in [0.25, 0.3) is 0 Å². The molecule has 1 aliphatic carbocycles. The number of carbonyl (C=O) groups is 1. The van der Waals surface area contributed by atoms with Gasteiger partial charge in [0.05, 0.1) is 5.71 Å². The second kappa shape index (κ2) is 4.08. The van der Waals surface area contributed by atoms with Crippen molar-refractivity contribution in [3.63, 3.8) is 0 Å². The van der Waals surface area contributed by atoms with Crippen LogP contribution in [0.1, 0.15) is 33.1 Å². The maximum Gasteiger partial charge on any atom is 0.278 e. The quantitative estimate of drug-likeness (QED) is 0.537. The lowest BCUT2D eigenvalue weighted by molar-refractivity contribution is -0.120. The van der Waals surface area contributed by atoms with Crippen LogP contribution < -0.4 is 0 Å². The molecule has 0 radical (unpaired) electrons. The summed E-state index contributed by atoms with van der Waals surface area (Å²) in [4.78, 5) is 11.5. The van der Waals surface area contributed by atoms with Crippen LogP contribution in [-0.2, 0) is 9.32 Å². The van der Waals surface area contributed by atoms with E-state index in [0.29, 0.717) is 12.8 Å². The fourth-order valence-corrected chi connectivity index (χ4v) is 2.17. The van der Waals surface area contributed by atoms with E-state index in [4.69, 9.17) is 4.53 Å². The van der Waals surface area contributed by atoms with Gasteiger partial charge in [0.2, 0.25) is 0 Å². The van der Waals surface area contributed by atoms with Gasteiger partial charge >= 0.3 is 0 Å². The molecule has 0 N–H and O–H groups in total. The summed E-state index contributed by atoms with van der Waals surface area (Å²) in [5.74, 6) is 0.282. The lowest BCUT2D eigenvalue weighted by Gasteiger charge is -2.29. The van der Waals surface area contributed by atoms with Gasteiger partial charge in [-0.05, 0) is 31.5 Å². The number of rotatable bonds is 2. The van der Waals surface area contributed by atoms with Crippen LogP contribution in [0.15, 0.2) is 5.16 Å². The van der Waals surface area contributed by atoms with E-state index in [9.17, 15) is 4.79 Å². The van der Waals surface area contributed by atoms with E-state index in [1.165, 1.54) is 0 Å². The molecule has 0 aromatic heterocycles. The van der Waals surface area contributed by atoms with Gasteiger partial charge in [-0.3, -0.25) is 4.79 Å². The van der Waals surface area contributed by atoms with E-state index >= 15 is 0 Å². The summed E-state index contributed by atoms with van der Waals surface area (Å²) >= 11 is 0. The van der Waals surface area contributed by atoms with E-state index < -0.39 is 8.32 Å². The molecule has 1 saturated carbocycles. The maximum atomic E-state index is 11.5. The Bertz CT molecular complexity index is 289. The predicted molar refractivity (Wildman–Crippen MR) is 64.5 cm³/mol. The van der Waals surface area contributed by atoms with Crippen LogP contribution in [0.5, 0.6) is 0 Å². The molecule has 0 aromatic rings. The van der Waals surface area contributed by atoms with Crippen LogP contribution in [0.4, 0.5) is 0 Å². The number of hydrogen-bond acceptors (Lipinski definition) is 3. The predicted octanol–water partition coefficient (Wildman–Crippen LogP) is 2.97. The van der Waals surface area contributed by atoms with Gasteiger partial charge in [0.25, 0.3) is 8.32 Å². The third-order valence-corrected chi connectivity index (χ3v) is 2.85. The number of carbonyl (C=O) groups excluding carboxylic acids is 1. The largest absolute Gasteiger partial charge is 0.456 e. The molecule has 1 rings (SSSR count). The van der Waals surface area contributed by atoms with Gasteiger partial charge in [-0.1, -0.05) is 13.8 Å². The first-order valence-electron chi connectivity index (χ1n) is 5.44. The van der Waals surface area contributed by atoms with E-state index in [2.05, 4.69) is 38.6 Å². The van der Waals surface area contributed by atoms with Gasteiger partial charge in [0, 0.05) is 12.8 Å². The van der Waals surface area contributed by atoms with Crippen molar-refractivity contribution in [2.24, 2.45) is 10.6 Å². The summed E-state index contributed by atoms with van der Waals surface area (Å²) in [5, 5.41) is 4.16. The van der Waals surface area contributed by atoms with Gasteiger partial charge < -0.3 is 4.53 Å². The highest BCUT2D eigenvalue weighted by Crippen LogP contribution is 2.31. The van der Waals surface area contributed by atoms with E-state index in [-0.39, 0.29) is 11.2 Å². The lowest BCUT2D eigenvalue weighted by Crippen LogP contribution is -2.30. The van der Waals surface area contributed by atoms with Gasteiger partial charge in [-0.25, -0.2) is 0 Å². The summed E-state index contributed by atoms with van der Waals surface area (Å²) < 4.78 is 5.49. The molecule has 86 valence electrons. The summed E-state index contributed by atoms with van der Waals surface area (Å²) in [6.07, 6.45) is 2.02. The Labute approximate surface area is 93.0 Å². The molecule has 0 unspecified atom stereocenters. The Hall–Kier alpha value is -0.643. The Morgan fingerprint density at radius 2 is 1.87 bits per heavy atom. The lowest BCUT2D eigenvalue weighted by atomic mass is 9.76. The maximum absolute atomic E-state index is 11.5. The van der Waals surface area contributed by atoms with Crippen LogP contribution in [0, 0.1) is 5.41 Å². The molecule has 0 bridgehead atoms. The SMILES string of the molecule is CC1(C)CC(=O)CC(=NO[Si](C)(C)C)C1. The summed E-state index contributed by atoms with van der Waals surface area (Å²) in [6, 6.07) is 0. The van der Waals surface area contributed by atoms with Crippen LogP contribution in [0.2, 0.25) is 19.6 Å². The van der Waals surface area contributed by atoms with Crippen molar-refractivity contribution in [2.45, 2.75) is 52.8 Å². The van der Waals surface area contributed by atoms with Crippen LogP contribution in [0.3, 0.4) is 0 Å². The molecule has 0 aromatic carbocycles. The molecule has 4 heteroatoms. The molecular formula is C11H21NO2Si. The Morgan fingerprint density at radius 1 is 1.27 bits per heavy atom. The molecule has 1 aliphatic rings. The Balaban J connectivity index is 2.66. The molecule has 1 fully saturated rings. The second-order valence-corrected chi connectivity index (χ2v) is 10.5. The van der Waals surface area contributed by atoms with Gasteiger partial charge in [0.15, 0.2) is 0 Å². The summed E-state index contributed by atoms with van der Waals surface area (Å²) in [7, 11) is -1.61. The zero-order valence-electron chi connectivity index (χ0n) is 10.4. The van der Waals surface area contributed by atoms with E-state index in [1.54, 1.807) is 0 Å². The Kier molecular flexibility index (Phi) is 3.38. The number of nitrogens with zero attached hydrogens (tertiary/aromatic N) is 1. The topological polar surface area (TPSA) is 38.7 Å². The third kappa shape index (κ3) is 4.60. The fourth-order valence-electron chi connectivity index (χ4n) is 1.77. The zero-order chi connectivity index (χ0) is 11.7.